The maximum atomic E-state index is 6.49. The van der Waals surface area contributed by atoms with Crippen molar-refractivity contribution in [2.24, 2.45) is 0 Å². The smallest absolute Gasteiger partial charge is 0.186 e. The third kappa shape index (κ3) is 13.6. The first-order valence-electron chi connectivity index (χ1n) is 9.73. The van der Waals surface area contributed by atoms with E-state index in [0.717, 1.165) is 0 Å². The van der Waals surface area contributed by atoms with Crippen LogP contribution in [0.5, 0.6) is 0 Å². The molecule has 1 unspecified atom stereocenters. The van der Waals surface area contributed by atoms with Crippen molar-refractivity contribution in [3.05, 3.63) is 0 Å². The second kappa shape index (κ2) is 13.8. The largest absolute Gasteiger partial charge is 0.414 e. The van der Waals surface area contributed by atoms with Crippen LogP contribution in [0, 0.1) is 0 Å². The van der Waals surface area contributed by atoms with Crippen LogP contribution in [-0.4, -0.2) is 14.4 Å². The number of hydrogen-bond donors (Lipinski definition) is 0. The first-order valence-corrected chi connectivity index (χ1v) is 12.8. The molecule has 0 aliphatic heterocycles. The quantitative estimate of drug-likeness (QED) is 0.227. The molecule has 0 saturated heterocycles. The van der Waals surface area contributed by atoms with Gasteiger partial charge in [0.1, 0.15) is 0 Å². The Hall–Kier alpha value is 0.177. The van der Waals surface area contributed by atoms with E-state index < -0.39 is 8.32 Å². The average molecular weight is 315 g/mol. The molecule has 0 heterocycles. The summed E-state index contributed by atoms with van der Waals surface area (Å²) >= 11 is 0. The van der Waals surface area contributed by atoms with Gasteiger partial charge < -0.3 is 4.43 Å². The van der Waals surface area contributed by atoms with Gasteiger partial charge in [-0.1, -0.05) is 85.0 Å². The van der Waals surface area contributed by atoms with E-state index in [-0.39, 0.29) is 0 Å². The summed E-state index contributed by atoms with van der Waals surface area (Å²) in [7, 11) is -1.38. The molecule has 1 atom stereocenters. The van der Waals surface area contributed by atoms with Crippen LogP contribution in [-0.2, 0) is 4.43 Å². The van der Waals surface area contributed by atoms with Gasteiger partial charge in [0.15, 0.2) is 8.32 Å². The molecule has 0 aromatic carbocycles. The van der Waals surface area contributed by atoms with Crippen molar-refractivity contribution in [3.63, 3.8) is 0 Å². The second-order valence-corrected chi connectivity index (χ2v) is 11.7. The highest BCUT2D eigenvalue weighted by molar-refractivity contribution is 6.71. The molecule has 0 aromatic rings. The lowest BCUT2D eigenvalue weighted by Gasteiger charge is -2.28. The van der Waals surface area contributed by atoms with E-state index in [2.05, 4.69) is 33.9 Å². The van der Waals surface area contributed by atoms with Crippen LogP contribution in [0.25, 0.3) is 0 Å². The highest BCUT2D eigenvalue weighted by Crippen LogP contribution is 2.21. The number of hydrogen-bond acceptors (Lipinski definition) is 1. The molecule has 21 heavy (non-hydrogen) atoms. The minimum atomic E-state index is -1.38. The highest BCUT2D eigenvalue weighted by Gasteiger charge is 2.24. The normalized spacial score (nSPS) is 13.6. The van der Waals surface area contributed by atoms with Crippen LogP contribution < -0.4 is 0 Å². The Kier molecular flexibility index (Phi) is 13.9. The van der Waals surface area contributed by atoms with E-state index >= 15 is 0 Å². The zero-order valence-electron chi connectivity index (χ0n) is 15.7. The molecule has 0 spiro atoms. The van der Waals surface area contributed by atoms with Crippen LogP contribution in [0.4, 0.5) is 0 Å². The summed E-state index contributed by atoms with van der Waals surface area (Å²) < 4.78 is 6.49. The molecular formula is C19H42OSi. The zero-order chi connectivity index (χ0) is 16.0. The van der Waals surface area contributed by atoms with Crippen LogP contribution >= 0.6 is 0 Å². The Morgan fingerprint density at radius 3 is 1.67 bits per heavy atom. The number of rotatable bonds is 15. The molecule has 0 N–H and O–H groups in total. The Bertz CT molecular complexity index is 216. The maximum Gasteiger partial charge on any atom is 0.186 e. The minimum absolute atomic E-state index is 0.548. The Labute approximate surface area is 136 Å². The lowest BCUT2D eigenvalue weighted by atomic mass is 10.0. The van der Waals surface area contributed by atoms with Crippen molar-refractivity contribution in [1.82, 2.24) is 0 Å². The fourth-order valence-corrected chi connectivity index (χ4v) is 4.04. The van der Waals surface area contributed by atoms with Crippen LogP contribution in [0.2, 0.25) is 19.1 Å². The van der Waals surface area contributed by atoms with Crippen molar-refractivity contribution in [3.8, 4) is 0 Å². The fourth-order valence-electron chi connectivity index (χ4n) is 2.73. The summed E-state index contributed by atoms with van der Waals surface area (Å²) in [5.74, 6) is 0. The first-order chi connectivity index (χ1) is 10.1. The molecule has 1 nitrogen and oxygen atoms in total. The summed E-state index contributed by atoms with van der Waals surface area (Å²) in [4.78, 5) is 0. The van der Waals surface area contributed by atoms with Crippen LogP contribution in [0.3, 0.4) is 0 Å². The van der Waals surface area contributed by atoms with Gasteiger partial charge in [-0.2, -0.15) is 0 Å². The minimum Gasteiger partial charge on any atom is -0.414 e. The molecule has 0 rings (SSSR count). The van der Waals surface area contributed by atoms with Crippen LogP contribution in [0.1, 0.15) is 97.8 Å². The molecule has 0 aromatic heterocycles. The average Bonchev–Trinajstić information content (AvgIpc) is 2.47. The predicted octanol–water partition coefficient (Wildman–Crippen LogP) is 7.32. The fraction of sp³-hybridized carbons (Fsp3) is 1.00. The van der Waals surface area contributed by atoms with Gasteiger partial charge in [-0.05, 0) is 32.0 Å². The molecule has 0 bridgehead atoms. The zero-order valence-corrected chi connectivity index (χ0v) is 16.7. The lowest BCUT2D eigenvalue weighted by molar-refractivity contribution is 0.164. The van der Waals surface area contributed by atoms with Crippen molar-refractivity contribution in [2.75, 3.05) is 0 Å². The van der Waals surface area contributed by atoms with Crippen molar-refractivity contribution in [2.45, 2.75) is 123 Å². The van der Waals surface area contributed by atoms with E-state index in [9.17, 15) is 0 Å². The summed E-state index contributed by atoms with van der Waals surface area (Å²) in [5, 5.41) is 0. The molecule has 0 aliphatic rings. The molecule has 0 aliphatic carbocycles. The molecular weight excluding hydrogens is 272 g/mol. The summed E-state index contributed by atoms with van der Waals surface area (Å²) in [6.45, 7) is 11.6. The van der Waals surface area contributed by atoms with Crippen molar-refractivity contribution >= 4 is 8.32 Å². The van der Waals surface area contributed by atoms with Gasteiger partial charge in [-0.15, -0.1) is 0 Å². The number of unbranched alkanes of at least 4 members (excludes halogenated alkanes) is 8. The van der Waals surface area contributed by atoms with E-state index in [1.54, 1.807) is 0 Å². The molecule has 0 amide bonds. The van der Waals surface area contributed by atoms with Gasteiger partial charge in [0.05, 0.1) is 0 Å². The van der Waals surface area contributed by atoms with E-state index in [1.165, 1.54) is 83.1 Å². The van der Waals surface area contributed by atoms with E-state index in [4.69, 9.17) is 4.43 Å². The van der Waals surface area contributed by atoms with Crippen molar-refractivity contribution < 1.29 is 4.43 Å². The molecule has 128 valence electrons. The monoisotopic (exact) mass is 314 g/mol. The third-order valence-electron chi connectivity index (χ3n) is 4.60. The summed E-state index contributed by atoms with van der Waals surface area (Å²) in [5.41, 5.74) is 0. The Morgan fingerprint density at radius 2 is 1.14 bits per heavy atom. The lowest BCUT2D eigenvalue weighted by Crippen LogP contribution is -2.34. The van der Waals surface area contributed by atoms with Crippen LogP contribution in [0.15, 0.2) is 0 Å². The standard InChI is InChI=1S/C19H42OSi/c1-6-9-11-12-13-14-15-16-18-19(17-10-7-2)20-21(4,5)8-3/h19H,6-18H2,1-5H3. The maximum absolute atomic E-state index is 6.49. The summed E-state index contributed by atoms with van der Waals surface area (Å²) in [6, 6.07) is 1.24. The van der Waals surface area contributed by atoms with Gasteiger partial charge in [0, 0.05) is 6.10 Å². The van der Waals surface area contributed by atoms with Gasteiger partial charge in [-0.25, -0.2) is 0 Å². The van der Waals surface area contributed by atoms with E-state index in [0.29, 0.717) is 6.10 Å². The van der Waals surface area contributed by atoms with Gasteiger partial charge in [0.25, 0.3) is 0 Å². The summed E-state index contributed by atoms with van der Waals surface area (Å²) in [6.07, 6.45) is 17.1. The molecule has 2 heteroatoms. The Balaban J connectivity index is 3.75. The SMILES string of the molecule is CCCCCCCCCCC(CCCC)O[Si](C)(C)CC. The molecule has 0 fully saturated rings. The van der Waals surface area contributed by atoms with Gasteiger partial charge in [0.2, 0.25) is 0 Å². The van der Waals surface area contributed by atoms with Gasteiger partial charge in [-0.3, -0.25) is 0 Å². The second-order valence-electron chi connectivity index (χ2n) is 7.26. The molecule has 0 saturated carbocycles. The highest BCUT2D eigenvalue weighted by atomic mass is 28.4. The topological polar surface area (TPSA) is 9.23 Å². The predicted molar refractivity (Wildman–Crippen MR) is 99.6 cm³/mol. The Morgan fingerprint density at radius 1 is 0.667 bits per heavy atom. The van der Waals surface area contributed by atoms with E-state index in [1.807, 2.05) is 0 Å². The molecule has 0 radical (unpaired) electrons. The van der Waals surface area contributed by atoms with Gasteiger partial charge >= 0.3 is 0 Å². The third-order valence-corrected chi connectivity index (χ3v) is 7.27. The van der Waals surface area contributed by atoms with Crippen molar-refractivity contribution in [1.29, 1.82) is 0 Å². The first kappa shape index (κ1) is 21.2.